The number of methoxy groups -OCH3 is 1. The van der Waals surface area contributed by atoms with Crippen LogP contribution >= 0.6 is 0 Å². The van der Waals surface area contributed by atoms with Gasteiger partial charge in [0, 0.05) is 35.2 Å². The molecule has 1 heterocycles. The smallest absolute Gasteiger partial charge is 0.337 e. The van der Waals surface area contributed by atoms with Crippen molar-refractivity contribution in [1.82, 2.24) is 5.32 Å². The first-order chi connectivity index (χ1) is 18.4. The van der Waals surface area contributed by atoms with Crippen LogP contribution in [0.2, 0.25) is 0 Å². The van der Waals surface area contributed by atoms with Gasteiger partial charge in [-0.2, -0.15) is 0 Å². The second kappa shape index (κ2) is 10.6. The normalized spacial score (nSPS) is 19.1. The summed E-state index contributed by atoms with van der Waals surface area (Å²) < 4.78 is 11.3. The van der Waals surface area contributed by atoms with Crippen LogP contribution in [0.1, 0.15) is 53.9 Å². The average Bonchev–Trinajstić information content (AvgIpc) is 2.91. The van der Waals surface area contributed by atoms with Crippen LogP contribution in [0.5, 0.6) is 11.5 Å². The highest BCUT2D eigenvalue weighted by atomic mass is 16.5. The van der Waals surface area contributed by atoms with Gasteiger partial charge in [-0.15, -0.1) is 0 Å². The first kappa shape index (κ1) is 25.3. The molecule has 0 saturated carbocycles. The summed E-state index contributed by atoms with van der Waals surface area (Å²) in [4.78, 5) is 27.3. The van der Waals surface area contributed by atoms with E-state index in [1.807, 2.05) is 68.4 Å². The number of phenolic OH excluding ortho intramolecular Hbond substituents is 1. The van der Waals surface area contributed by atoms with Gasteiger partial charge in [0.1, 0.15) is 18.1 Å². The van der Waals surface area contributed by atoms with Crippen LogP contribution in [0.4, 0.5) is 0 Å². The lowest BCUT2D eigenvalue weighted by Crippen LogP contribution is -2.36. The van der Waals surface area contributed by atoms with Gasteiger partial charge in [0.2, 0.25) is 0 Å². The van der Waals surface area contributed by atoms with Crippen molar-refractivity contribution < 1.29 is 24.2 Å². The Bertz CT molecular complexity index is 1470. The minimum absolute atomic E-state index is 0.0421. The molecule has 0 spiro atoms. The van der Waals surface area contributed by atoms with Crippen LogP contribution in [-0.4, -0.2) is 24.0 Å². The highest BCUT2D eigenvalue weighted by Crippen LogP contribution is 2.47. The molecule has 2 atom stereocenters. The van der Waals surface area contributed by atoms with E-state index in [0.717, 1.165) is 28.1 Å². The molecule has 0 radical (unpaired) electrons. The number of carbonyl (C=O) groups is 2. The third-order valence-corrected chi connectivity index (χ3v) is 7.28. The zero-order chi connectivity index (χ0) is 26.8. The van der Waals surface area contributed by atoms with Crippen molar-refractivity contribution in [2.75, 3.05) is 7.11 Å². The minimum Gasteiger partial charge on any atom is -0.508 e. The summed E-state index contributed by atoms with van der Waals surface area (Å²) in [5, 5.41) is 13.6. The number of ether oxygens (including phenoxy) is 2. The molecular weight excluding hydrogens is 478 g/mol. The lowest BCUT2D eigenvalue weighted by atomic mass is 9.71. The van der Waals surface area contributed by atoms with Crippen LogP contribution in [0.25, 0.3) is 0 Å². The number of ketones is 1. The Morgan fingerprint density at radius 2 is 1.79 bits per heavy atom. The number of carbonyl (C=O) groups excluding carboxylic acids is 2. The van der Waals surface area contributed by atoms with Crippen molar-refractivity contribution in [2.24, 2.45) is 0 Å². The van der Waals surface area contributed by atoms with Crippen LogP contribution in [0.3, 0.4) is 0 Å². The quantitative estimate of drug-likeness (QED) is 0.408. The molecule has 6 heteroatoms. The van der Waals surface area contributed by atoms with Gasteiger partial charge < -0.3 is 19.9 Å². The highest BCUT2D eigenvalue weighted by molar-refractivity contribution is 6.04. The van der Waals surface area contributed by atoms with Gasteiger partial charge in [0.15, 0.2) is 5.78 Å². The molecule has 0 amide bonds. The summed E-state index contributed by atoms with van der Waals surface area (Å²) in [5.74, 6) is -0.409. The fraction of sp³-hybridized carbons (Fsp3) is 0.250. The zero-order valence-corrected chi connectivity index (χ0v) is 21.8. The van der Waals surface area contributed by atoms with E-state index in [0.29, 0.717) is 35.2 Å². The lowest BCUT2D eigenvalue weighted by Gasteiger charge is -2.37. The molecular formula is C32H31NO5. The number of allylic oxidation sites excluding steroid dienone is 3. The molecule has 0 bridgehead atoms. The number of dihydropyridines is 1. The molecule has 2 N–H and O–H groups in total. The summed E-state index contributed by atoms with van der Waals surface area (Å²) in [5.41, 5.74) is 5.99. The highest BCUT2D eigenvalue weighted by Gasteiger charge is 2.42. The Balaban J connectivity index is 1.52. The summed E-state index contributed by atoms with van der Waals surface area (Å²) in [7, 11) is 1.63. The SMILES string of the molecule is COc1ccccc1C1CC(=O)C2=C(C1)NC(C)=C(C(=O)OCc1cccc(C)c1)C2c1cccc(O)c1. The van der Waals surface area contributed by atoms with Gasteiger partial charge in [-0.1, -0.05) is 60.2 Å². The number of Topliss-reactive ketones (excluding diaryl/α,β-unsaturated/α-hetero) is 1. The minimum atomic E-state index is -0.644. The van der Waals surface area contributed by atoms with E-state index < -0.39 is 11.9 Å². The van der Waals surface area contributed by atoms with Crippen molar-refractivity contribution in [1.29, 1.82) is 0 Å². The van der Waals surface area contributed by atoms with E-state index in [1.54, 1.807) is 25.3 Å². The molecule has 3 aromatic rings. The number of aryl methyl sites for hydroxylation is 1. The third-order valence-electron chi connectivity index (χ3n) is 7.28. The van der Waals surface area contributed by atoms with Gasteiger partial charge in [0.05, 0.1) is 12.7 Å². The van der Waals surface area contributed by atoms with Crippen molar-refractivity contribution in [3.63, 3.8) is 0 Å². The second-order valence-corrected chi connectivity index (χ2v) is 9.92. The van der Waals surface area contributed by atoms with E-state index in [4.69, 9.17) is 9.47 Å². The van der Waals surface area contributed by atoms with Crippen LogP contribution in [0.15, 0.2) is 95.3 Å². The number of esters is 1. The Labute approximate surface area is 222 Å². The maximum atomic E-state index is 13.8. The van der Waals surface area contributed by atoms with E-state index in [9.17, 15) is 14.7 Å². The standard InChI is InChI=1S/C32H31NO5/c1-19-8-6-9-21(14-19)18-38-32(36)29-20(2)33-26-16-23(25-12-4-5-13-28(25)37-3)17-27(35)31(26)30(29)22-10-7-11-24(34)15-22/h4-15,23,30,33-34H,16-18H2,1-3H3. The average molecular weight is 510 g/mol. The first-order valence-electron chi connectivity index (χ1n) is 12.7. The van der Waals surface area contributed by atoms with Crippen molar-refractivity contribution >= 4 is 11.8 Å². The second-order valence-electron chi connectivity index (χ2n) is 9.92. The number of benzene rings is 3. The molecule has 1 aliphatic carbocycles. The Morgan fingerprint density at radius 1 is 1.00 bits per heavy atom. The van der Waals surface area contributed by atoms with Crippen LogP contribution in [-0.2, 0) is 20.9 Å². The molecule has 2 aliphatic rings. The fourth-order valence-electron chi connectivity index (χ4n) is 5.60. The Morgan fingerprint density at radius 3 is 2.55 bits per heavy atom. The molecule has 3 aromatic carbocycles. The van der Waals surface area contributed by atoms with Gasteiger partial charge >= 0.3 is 5.97 Å². The maximum absolute atomic E-state index is 13.8. The van der Waals surface area contributed by atoms with Gasteiger partial charge in [0.25, 0.3) is 0 Å². The lowest BCUT2D eigenvalue weighted by molar-refractivity contribution is -0.140. The number of aromatic hydroxyl groups is 1. The van der Waals surface area contributed by atoms with E-state index in [-0.39, 0.29) is 24.1 Å². The molecule has 5 rings (SSSR count). The summed E-state index contributed by atoms with van der Waals surface area (Å²) in [6.45, 7) is 3.95. The summed E-state index contributed by atoms with van der Waals surface area (Å²) in [6, 6.07) is 22.3. The van der Waals surface area contributed by atoms with Crippen molar-refractivity contribution in [3.05, 3.63) is 118 Å². The molecule has 0 aromatic heterocycles. The number of hydrogen-bond acceptors (Lipinski definition) is 6. The van der Waals surface area contributed by atoms with Gasteiger partial charge in [-0.25, -0.2) is 4.79 Å². The molecule has 194 valence electrons. The number of nitrogens with one attached hydrogen (secondary N) is 1. The van der Waals surface area contributed by atoms with E-state index in [2.05, 4.69) is 5.32 Å². The number of rotatable bonds is 6. The van der Waals surface area contributed by atoms with Crippen molar-refractivity contribution in [2.45, 2.75) is 45.1 Å². The zero-order valence-electron chi connectivity index (χ0n) is 21.8. The molecule has 1 aliphatic heterocycles. The van der Waals surface area contributed by atoms with Gasteiger partial charge in [-0.05, 0) is 55.2 Å². The molecule has 0 saturated heterocycles. The molecule has 2 unspecified atom stereocenters. The Hall–Kier alpha value is -4.32. The first-order valence-corrected chi connectivity index (χ1v) is 12.7. The number of hydrogen-bond donors (Lipinski definition) is 2. The molecule has 6 nitrogen and oxygen atoms in total. The number of para-hydroxylation sites is 1. The predicted octanol–water partition coefficient (Wildman–Crippen LogP) is 5.81. The molecule has 0 fully saturated rings. The third kappa shape index (κ3) is 4.94. The Kier molecular flexibility index (Phi) is 7.05. The van der Waals surface area contributed by atoms with E-state index in [1.165, 1.54) is 0 Å². The maximum Gasteiger partial charge on any atom is 0.337 e. The molecule has 38 heavy (non-hydrogen) atoms. The number of phenols is 1. The van der Waals surface area contributed by atoms with Crippen molar-refractivity contribution in [3.8, 4) is 11.5 Å². The largest absolute Gasteiger partial charge is 0.508 e. The van der Waals surface area contributed by atoms with E-state index >= 15 is 0 Å². The monoisotopic (exact) mass is 509 g/mol. The summed E-state index contributed by atoms with van der Waals surface area (Å²) >= 11 is 0. The topological polar surface area (TPSA) is 84.9 Å². The van der Waals surface area contributed by atoms with Gasteiger partial charge in [-0.3, -0.25) is 4.79 Å². The van der Waals surface area contributed by atoms with Crippen LogP contribution < -0.4 is 10.1 Å². The fourth-order valence-corrected chi connectivity index (χ4v) is 5.60. The predicted molar refractivity (Wildman–Crippen MR) is 145 cm³/mol. The summed E-state index contributed by atoms with van der Waals surface area (Å²) in [6.07, 6.45) is 0.889. The van der Waals surface area contributed by atoms with Crippen LogP contribution in [0, 0.1) is 6.92 Å².